The van der Waals surface area contributed by atoms with Crippen molar-refractivity contribution in [1.29, 1.82) is 0 Å². The molecule has 0 unspecified atom stereocenters. The predicted molar refractivity (Wildman–Crippen MR) is 254 cm³/mol. The van der Waals surface area contributed by atoms with Crippen LogP contribution in [0.3, 0.4) is 0 Å². The average molecular weight is 899 g/mol. The first-order chi connectivity index (χ1) is 31.9. The molecule has 7 aliphatic rings. The number of hydrogen-bond acceptors (Lipinski definition) is 12. The van der Waals surface area contributed by atoms with Crippen molar-refractivity contribution < 1.29 is 18.9 Å². The van der Waals surface area contributed by atoms with Crippen molar-refractivity contribution in [2.24, 2.45) is 17.9 Å². The van der Waals surface area contributed by atoms with E-state index >= 15 is 0 Å². The van der Waals surface area contributed by atoms with Crippen LogP contribution >= 0.6 is 0 Å². The number of ether oxygens (including phenoxy) is 4. The molecule has 6 aromatic rings. The Bertz CT molecular complexity index is 2910. The van der Waals surface area contributed by atoms with Crippen LogP contribution in [-0.2, 0) is 16.5 Å². The summed E-state index contributed by atoms with van der Waals surface area (Å²) in [6.07, 6.45) is 11.0. The highest BCUT2D eigenvalue weighted by Crippen LogP contribution is 2.49. The maximum absolute atomic E-state index is 13.5. The van der Waals surface area contributed by atoms with Crippen LogP contribution < -0.4 is 30.4 Å². The number of hydrogen-bond donors (Lipinski definition) is 2. The molecule has 2 aliphatic heterocycles. The van der Waals surface area contributed by atoms with E-state index in [1.165, 1.54) is 17.5 Å². The third-order valence-electron chi connectivity index (χ3n) is 14.5. The molecule has 16 nitrogen and oxygen atoms in total. The SMILES string of the molecule is CC.CC1(Oc2ccc3[nH]nc(-c4cc(N5CCOCC6(CC6)C5)c(=O)n(C5CC5)n4)c3c2)CC1.Cn1nc(-c2n[nH]c3ccc(OC4(C)CC4)cc23)cc(N2CCOCC3(CC3)C2)c1=O. The monoisotopic (exact) mass is 898 g/mol. The fourth-order valence-electron chi connectivity index (χ4n) is 9.33. The minimum absolute atomic E-state index is 0.00414. The lowest BCUT2D eigenvalue weighted by molar-refractivity contribution is 0.115. The number of anilines is 2. The van der Waals surface area contributed by atoms with E-state index < -0.39 is 0 Å². The van der Waals surface area contributed by atoms with Gasteiger partial charge in [0.25, 0.3) is 11.1 Å². The van der Waals surface area contributed by atoms with Gasteiger partial charge in [-0.15, -0.1) is 0 Å². The second kappa shape index (κ2) is 16.2. The molecule has 13 rings (SSSR count). The van der Waals surface area contributed by atoms with Crippen LogP contribution in [0.15, 0.2) is 58.1 Å². The van der Waals surface area contributed by atoms with Crippen molar-refractivity contribution in [3.05, 3.63) is 69.2 Å². The maximum Gasteiger partial charge on any atom is 0.290 e. The molecule has 0 atom stereocenters. The number of H-pyrrole nitrogens is 2. The molecule has 6 heterocycles. The first kappa shape index (κ1) is 42.9. The van der Waals surface area contributed by atoms with Gasteiger partial charge >= 0.3 is 0 Å². The van der Waals surface area contributed by atoms with Crippen molar-refractivity contribution >= 4 is 33.2 Å². The van der Waals surface area contributed by atoms with Crippen molar-refractivity contribution in [2.45, 2.75) is 109 Å². The van der Waals surface area contributed by atoms with Gasteiger partial charge in [0.15, 0.2) is 0 Å². The van der Waals surface area contributed by atoms with Crippen molar-refractivity contribution in [3.8, 4) is 34.3 Å². The van der Waals surface area contributed by atoms with E-state index in [1.54, 1.807) is 11.7 Å². The molecule has 0 amide bonds. The number of aryl methyl sites for hydroxylation is 1. The molecule has 5 saturated carbocycles. The highest BCUT2D eigenvalue weighted by atomic mass is 16.5. The second-order valence-electron chi connectivity index (χ2n) is 20.4. The molecule has 5 aliphatic carbocycles. The summed E-state index contributed by atoms with van der Waals surface area (Å²) in [5.41, 5.74) is 6.36. The molecular weight excluding hydrogens is 837 g/mol. The summed E-state index contributed by atoms with van der Waals surface area (Å²) in [5, 5.41) is 26.6. The van der Waals surface area contributed by atoms with E-state index in [1.807, 2.05) is 62.4 Å². The third kappa shape index (κ3) is 8.57. The Labute approximate surface area is 383 Å². The zero-order chi connectivity index (χ0) is 45.4. The molecule has 4 aromatic heterocycles. The van der Waals surface area contributed by atoms with Crippen LogP contribution in [0.4, 0.5) is 11.4 Å². The normalized spacial score (nSPS) is 21.6. The maximum atomic E-state index is 13.5. The number of rotatable bonds is 9. The van der Waals surface area contributed by atoms with E-state index in [2.05, 4.69) is 49.1 Å². The lowest BCUT2D eigenvalue weighted by atomic mass is 10.1. The highest BCUT2D eigenvalue weighted by Gasteiger charge is 2.47. The summed E-state index contributed by atoms with van der Waals surface area (Å²) in [7, 11) is 1.70. The molecule has 0 radical (unpaired) electrons. The number of fused-ring (bicyclic) bond motifs is 2. The van der Waals surface area contributed by atoms with E-state index in [4.69, 9.17) is 24.0 Å². The topological polar surface area (TPSA) is 171 Å². The van der Waals surface area contributed by atoms with Crippen molar-refractivity contribution in [3.63, 3.8) is 0 Å². The number of nitrogens with one attached hydrogen (secondary N) is 2. The van der Waals surface area contributed by atoms with E-state index in [-0.39, 0.29) is 39.2 Å². The van der Waals surface area contributed by atoms with E-state index in [9.17, 15) is 9.59 Å². The van der Waals surface area contributed by atoms with Crippen molar-refractivity contribution in [2.75, 3.05) is 62.4 Å². The van der Waals surface area contributed by atoms with Gasteiger partial charge in [-0.1, -0.05) is 13.8 Å². The Kier molecular flexibility index (Phi) is 10.6. The fraction of sp³-hybridized carbons (Fsp3) is 0.560. The smallest absolute Gasteiger partial charge is 0.290 e. The quantitative estimate of drug-likeness (QED) is 0.146. The van der Waals surface area contributed by atoms with E-state index in [0.29, 0.717) is 31.1 Å². The Morgan fingerprint density at radius 2 is 1.11 bits per heavy atom. The Balaban J connectivity index is 0.000000141. The number of benzene rings is 2. The molecule has 348 valence electrons. The minimum atomic E-state index is -0.0908. The molecular formula is C50H62N10O6. The molecule has 0 bridgehead atoms. The zero-order valence-electron chi connectivity index (χ0n) is 39.0. The highest BCUT2D eigenvalue weighted by molar-refractivity contribution is 5.94. The fourth-order valence-corrected chi connectivity index (χ4v) is 9.33. The third-order valence-corrected chi connectivity index (χ3v) is 14.5. The van der Waals surface area contributed by atoms with Crippen molar-refractivity contribution in [1.82, 2.24) is 40.0 Å². The Morgan fingerprint density at radius 1 is 0.636 bits per heavy atom. The standard InChI is InChI=1S/C25H29N5O3.C23H27N5O3.C2H6/c1-24(6-7-24)33-17-4-5-19-18(12-17)22(27-26-19)20-13-21(23(31)30(28-20)16-2-3-16)29-10-11-32-15-25(14-29)8-9-25;1-22(5-6-22)31-15-3-4-17-16(11-15)20(25-24-17)18-12-19(21(29)27(2)26-18)28-9-10-30-14-23(13-28)7-8-23;1-2/h4-5,12-13,16H,2-3,6-11,14-15H2,1H3,(H,26,27);3-4,11-12H,5-10,13-14H2,1-2H3,(H,24,25);1-2H3. The van der Waals surface area contributed by atoms with Crippen LogP contribution in [-0.4, -0.2) is 104 Å². The van der Waals surface area contributed by atoms with Gasteiger partial charge in [-0.3, -0.25) is 19.8 Å². The molecule has 66 heavy (non-hydrogen) atoms. The largest absolute Gasteiger partial charge is 0.488 e. The number of aromatic nitrogens is 8. The summed E-state index contributed by atoms with van der Waals surface area (Å²) in [4.78, 5) is 30.8. The summed E-state index contributed by atoms with van der Waals surface area (Å²) in [6.45, 7) is 14.3. The average Bonchev–Trinajstić information content (AvgIpc) is 4.03. The molecule has 2 N–H and O–H groups in total. The zero-order valence-corrected chi connectivity index (χ0v) is 39.0. The minimum Gasteiger partial charge on any atom is -0.488 e. The number of aromatic amines is 2. The van der Waals surface area contributed by atoms with Crippen LogP contribution in [0, 0.1) is 10.8 Å². The van der Waals surface area contributed by atoms with Crippen LogP contribution in [0.5, 0.6) is 11.5 Å². The molecule has 16 heteroatoms. The van der Waals surface area contributed by atoms with Gasteiger partial charge in [0.1, 0.15) is 56.9 Å². The first-order valence-electron chi connectivity index (χ1n) is 24.2. The lowest BCUT2D eigenvalue weighted by Gasteiger charge is -2.25. The van der Waals surface area contributed by atoms with Gasteiger partial charge in [-0.25, -0.2) is 9.36 Å². The van der Waals surface area contributed by atoms with Gasteiger partial charge in [-0.2, -0.15) is 20.4 Å². The second-order valence-corrected chi connectivity index (χ2v) is 20.4. The lowest BCUT2D eigenvalue weighted by Crippen LogP contribution is -2.37. The van der Waals surface area contributed by atoms with Gasteiger partial charge in [0.2, 0.25) is 0 Å². The molecule has 2 spiro atoms. The van der Waals surface area contributed by atoms with Crippen LogP contribution in [0.1, 0.15) is 97.9 Å². The van der Waals surface area contributed by atoms with Crippen LogP contribution in [0.2, 0.25) is 0 Å². The Hall–Kier alpha value is -5.74. The summed E-state index contributed by atoms with van der Waals surface area (Å²) in [6, 6.07) is 16.0. The number of nitrogens with zero attached hydrogens (tertiary/aromatic N) is 8. The molecule has 7 fully saturated rings. The molecule has 2 aromatic carbocycles. The van der Waals surface area contributed by atoms with E-state index in [0.717, 1.165) is 140 Å². The van der Waals surface area contributed by atoms with Gasteiger partial charge in [-0.05, 0) is 127 Å². The summed E-state index contributed by atoms with van der Waals surface area (Å²) < 4.78 is 27.1. The molecule has 2 saturated heterocycles. The van der Waals surface area contributed by atoms with Gasteiger partial charge in [0.05, 0.1) is 43.5 Å². The summed E-state index contributed by atoms with van der Waals surface area (Å²) >= 11 is 0. The van der Waals surface area contributed by atoms with Gasteiger partial charge < -0.3 is 28.7 Å². The predicted octanol–water partition coefficient (Wildman–Crippen LogP) is 7.57. The first-order valence-corrected chi connectivity index (χ1v) is 24.2. The van der Waals surface area contributed by atoms with Crippen LogP contribution in [0.25, 0.3) is 44.6 Å². The van der Waals surface area contributed by atoms with Gasteiger partial charge in [0, 0.05) is 54.8 Å². The Morgan fingerprint density at radius 3 is 1.56 bits per heavy atom. The summed E-state index contributed by atoms with van der Waals surface area (Å²) in [5.74, 6) is 1.68.